The molecule has 0 amide bonds. The Morgan fingerprint density at radius 1 is 1.07 bits per heavy atom. The first-order valence-corrected chi connectivity index (χ1v) is 9.52. The molecule has 2 aromatic carbocycles. The number of hydrogen-bond donors (Lipinski definition) is 1. The van der Waals surface area contributed by atoms with Crippen molar-refractivity contribution in [3.63, 3.8) is 0 Å². The molecule has 28 heavy (non-hydrogen) atoms. The summed E-state index contributed by atoms with van der Waals surface area (Å²) in [6.07, 6.45) is 1.03. The number of fused-ring (bicyclic) bond motifs is 2. The highest BCUT2D eigenvalue weighted by Crippen LogP contribution is 2.38. The number of para-hydroxylation sites is 1. The van der Waals surface area contributed by atoms with Crippen molar-refractivity contribution in [2.75, 3.05) is 17.0 Å². The van der Waals surface area contributed by atoms with Gasteiger partial charge in [0, 0.05) is 24.3 Å². The van der Waals surface area contributed by atoms with Gasteiger partial charge < -0.3 is 19.7 Å². The van der Waals surface area contributed by atoms with Crippen LogP contribution in [0.25, 0.3) is 0 Å². The molecule has 1 N–H and O–H groups in total. The van der Waals surface area contributed by atoms with E-state index in [-0.39, 0.29) is 6.79 Å². The number of anilines is 3. The van der Waals surface area contributed by atoms with Crippen LogP contribution in [0.5, 0.6) is 11.5 Å². The standard InChI is InChI=1S/C22H22N4O2/c1-14-9-17-5-3-4-6-18(17)26(14)22-11-21(24-15(2)25-22)23-12-16-7-8-19-20(10-16)28-13-27-19/h3-8,10-11,14H,9,12-13H2,1-2H3,(H,23,24,25). The van der Waals surface area contributed by atoms with Gasteiger partial charge in [0.2, 0.25) is 6.79 Å². The molecule has 142 valence electrons. The van der Waals surface area contributed by atoms with Crippen LogP contribution in [-0.4, -0.2) is 22.8 Å². The second-order valence-corrected chi connectivity index (χ2v) is 7.25. The highest BCUT2D eigenvalue weighted by atomic mass is 16.7. The topological polar surface area (TPSA) is 59.5 Å². The van der Waals surface area contributed by atoms with Crippen LogP contribution in [0.4, 0.5) is 17.3 Å². The number of nitrogens with one attached hydrogen (secondary N) is 1. The lowest BCUT2D eigenvalue weighted by molar-refractivity contribution is 0.174. The third-order valence-electron chi connectivity index (χ3n) is 5.19. The zero-order valence-corrected chi connectivity index (χ0v) is 16.0. The van der Waals surface area contributed by atoms with Crippen molar-refractivity contribution < 1.29 is 9.47 Å². The predicted molar refractivity (Wildman–Crippen MR) is 108 cm³/mol. The number of nitrogens with zero attached hydrogens (tertiary/aromatic N) is 3. The Morgan fingerprint density at radius 2 is 1.93 bits per heavy atom. The normalized spacial score (nSPS) is 16.9. The molecule has 0 fully saturated rings. The first-order chi connectivity index (χ1) is 13.7. The molecule has 0 spiro atoms. The van der Waals surface area contributed by atoms with Gasteiger partial charge in [-0.15, -0.1) is 0 Å². The van der Waals surface area contributed by atoms with Crippen molar-refractivity contribution in [3.05, 3.63) is 65.5 Å². The molecule has 1 aromatic heterocycles. The monoisotopic (exact) mass is 374 g/mol. The van der Waals surface area contributed by atoms with Crippen molar-refractivity contribution in [2.45, 2.75) is 32.9 Å². The van der Waals surface area contributed by atoms with E-state index in [4.69, 9.17) is 14.5 Å². The Hall–Kier alpha value is -3.28. The molecular weight excluding hydrogens is 352 g/mol. The van der Waals surface area contributed by atoms with Crippen molar-refractivity contribution in [3.8, 4) is 11.5 Å². The van der Waals surface area contributed by atoms with E-state index in [9.17, 15) is 0 Å². The quantitative estimate of drug-likeness (QED) is 0.738. The van der Waals surface area contributed by atoms with E-state index >= 15 is 0 Å². The van der Waals surface area contributed by atoms with Crippen LogP contribution in [-0.2, 0) is 13.0 Å². The fourth-order valence-corrected chi connectivity index (χ4v) is 3.92. The summed E-state index contributed by atoms with van der Waals surface area (Å²) in [6, 6.07) is 16.9. The van der Waals surface area contributed by atoms with Crippen LogP contribution in [0.15, 0.2) is 48.5 Å². The molecule has 0 radical (unpaired) electrons. The molecule has 1 unspecified atom stereocenters. The Balaban J connectivity index is 1.39. The first-order valence-electron chi connectivity index (χ1n) is 9.52. The first kappa shape index (κ1) is 16.9. The summed E-state index contributed by atoms with van der Waals surface area (Å²) in [5.41, 5.74) is 3.71. The van der Waals surface area contributed by atoms with Gasteiger partial charge >= 0.3 is 0 Å². The van der Waals surface area contributed by atoms with E-state index in [0.717, 1.165) is 40.9 Å². The maximum atomic E-state index is 5.46. The van der Waals surface area contributed by atoms with Crippen LogP contribution in [0.2, 0.25) is 0 Å². The van der Waals surface area contributed by atoms with E-state index in [1.165, 1.54) is 11.3 Å². The van der Waals surface area contributed by atoms with Crippen LogP contribution < -0.4 is 19.7 Å². The minimum atomic E-state index is 0.288. The number of ether oxygens (including phenoxy) is 2. The van der Waals surface area contributed by atoms with Crippen molar-refractivity contribution >= 4 is 17.3 Å². The summed E-state index contributed by atoms with van der Waals surface area (Å²) in [4.78, 5) is 11.6. The van der Waals surface area contributed by atoms with Gasteiger partial charge in [-0.05, 0) is 49.6 Å². The van der Waals surface area contributed by atoms with Gasteiger partial charge in [-0.25, -0.2) is 9.97 Å². The summed E-state index contributed by atoms with van der Waals surface area (Å²) in [6.45, 7) is 5.11. The molecule has 0 saturated heterocycles. The van der Waals surface area contributed by atoms with Crippen LogP contribution in [0.1, 0.15) is 23.9 Å². The lowest BCUT2D eigenvalue weighted by Gasteiger charge is -2.24. The van der Waals surface area contributed by atoms with Crippen molar-refractivity contribution in [2.24, 2.45) is 0 Å². The molecule has 0 aliphatic carbocycles. The molecule has 5 rings (SSSR count). The summed E-state index contributed by atoms with van der Waals surface area (Å²) < 4.78 is 10.8. The number of hydrogen-bond acceptors (Lipinski definition) is 6. The van der Waals surface area contributed by atoms with E-state index in [2.05, 4.69) is 46.4 Å². The van der Waals surface area contributed by atoms with Gasteiger partial charge in [-0.1, -0.05) is 24.3 Å². The molecule has 6 heteroatoms. The van der Waals surface area contributed by atoms with Crippen LogP contribution in [0, 0.1) is 6.92 Å². The lowest BCUT2D eigenvalue weighted by Crippen LogP contribution is -2.25. The third-order valence-corrected chi connectivity index (χ3v) is 5.19. The van der Waals surface area contributed by atoms with E-state index < -0.39 is 0 Å². The fourth-order valence-electron chi connectivity index (χ4n) is 3.92. The third kappa shape index (κ3) is 3.01. The zero-order valence-electron chi connectivity index (χ0n) is 16.0. The Morgan fingerprint density at radius 3 is 2.86 bits per heavy atom. The zero-order chi connectivity index (χ0) is 19.1. The van der Waals surface area contributed by atoms with Crippen LogP contribution >= 0.6 is 0 Å². The highest BCUT2D eigenvalue weighted by molar-refractivity contribution is 5.70. The Kier molecular flexibility index (Phi) is 4.04. The van der Waals surface area contributed by atoms with E-state index in [1.54, 1.807) is 0 Å². The predicted octanol–water partition coefficient (Wildman–Crippen LogP) is 4.21. The fraction of sp³-hybridized carbons (Fsp3) is 0.273. The molecule has 2 aliphatic heterocycles. The van der Waals surface area contributed by atoms with E-state index in [0.29, 0.717) is 12.6 Å². The van der Waals surface area contributed by atoms with Gasteiger partial charge in [0.1, 0.15) is 17.5 Å². The minimum Gasteiger partial charge on any atom is -0.454 e. The molecule has 0 saturated carbocycles. The summed E-state index contributed by atoms with van der Waals surface area (Å²) >= 11 is 0. The number of benzene rings is 2. The molecule has 1 atom stereocenters. The van der Waals surface area contributed by atoms with Gasteiger partial charge in [-0.2, -0.15) is 0 Å². The highest BCUT2D eigenvalue weighted by Gasteiger charge is 2.28. The number of aromatic nitrogens is 2. The second-order valence-electron chi connectivity index (χ2n) is 7.25. The summed E-state index contributed by atoms with van der Waals surface area (Å²) in [5, 5.41) is 3.42. The number of rotatable bonds is 4. The van der Waals surface area contributed by atoms with Gasteiger partial charge in [-0.3, -0.25) is 0 Å². The molecular formula is C22H22N4O2. The summed E-state index contributed by atoms with van der Waals surface area (Å²) in [5.74, 6) is 4.09. The molecule has 3 aromatic rings. The Bertz CT molecular complexity index is 1040. The van der Waals surface area contributed by atoms with Gasteiger partial charge in [0.25, 0.3) is 0 Å². The SMILES string of the molecule is Cc1nc(NCc2ccc3c(c2)OCO3)cc(N2c3ccccc3CC2C)n1. The van der Waals surface area contributed by atoms with Gasteiger partial charge in [0.05, 0.1) is 0 Å². The Labute approximate surface area is 164 Å². The lowest BCUT2D eigenvalue weighted by atomic mass is 10.1. The van der Waals surface area contributed by atoms with Crippen molar-refractivity contribution in [1.29, 1.82) is 0 Å². The minimum absolute atomic E-state index is 0.288. The summed E-state index contributed by atoms with van der Waals surface area (Å²) in [7, 11) is 0. The molecule has 6 nitrogen and oxygen atoms in total. The number of aryl methyl sites for hydroxylation is 1. The van der Waals surface area contributed by atoms with Crippen molar-refractivity contribution in [1.82, 2.24) is 9.97 Å². The maximum absolute atomic E-state index is 5.46. The largest absolute Gasteiger partial charge is 0.454 e. The van der Waals surface area contributed by atoms with Crippen LogP contribution in [0.3, 0.4) is 0 Å². The van der Waals surface area contributed by atoms with E-state index in [1.807, 2.05) is 31.2 Å². The molecule has 0 bridgehead atoms. The smallest absolute Gasteiger partial charge is 0.231 e. The maximum Gasteiger partial charge on any atom is 0.231 e. The average molecular weight is 374 g/mol. The molecule has 3 heterocycles. The second kappa shape index (κ2) is 6.71. The molecule has 2 aliphatic rings. The van der Waals surface area contributed by atoms with Gasteiger partial charge in [0.15, 0.2) is 11.5 Å². The average Bonchev–Trinajstić information content (AvgIpc) is 3.28.